The van der Waals surface area contributed by atoms with Crippen LogP contribution in [0.25, 0.3) is 0 Å². The summed E-state index contributed by atoms with van der Waals surface area (Å²) in [6.45, 7) is -0.0320. The second kappa shape index (κ2) is 5.06. The van der Waals surface area contributed by atoms with Crippen LogP contribution in [0, 0.1) is 10.1 Å². The van der Waals surface area contributed by atoms with Gasteiger partial charge in [-0.3, -0.25) is 10.1 Å². The molecule has 1 atom stereocenters. The number of hydrogen-bond acceptors (Lipinski definition) is 4. The molecule has 0 fully saturated rings. The molecule has 1 rings (SSSR count). The minimum atomic E-state index is -0.552. The van der Waals surface area contributed by atoms with Crippen LogP contribution in [0.2, 0.25) is 5.02 Å². The molecule has 3 N–H and O–H groups in total. The number of aliphatic hydroxyl groups is 1. The fourth-order valence-electron chi connectivity index (χ4n) is 1.21. The highest BCUT2D eigenvalue weighted by molar-refractivity contribution is 6.32. The van der Waals surface area contributed by atoms with Gasteiger partial charge in [0.1, 0.15) is 5.02 Å². The number of nitrogens with two attached hydrogens (primary N) is 1. The number of nitro benzene ring substituents is 1. The first kappa shape index (κ1) is 11.9. The molecule has 0 aromatic heterocycles. The summed E-state index contributed by atoms with van der Waals surface area (Å²) in [6, 6.07) is 3.97. The normalized spacial score (nSPS) is 12.5. The number of nitrogens with zero attached hydrogens (tertiary/aromatic N) is 1. The number of rotatable bonds is 4. The largest absolute Gasteiger partial charge is 0.396 e. The molecule has 0 radical (unpaired) electrons. The summed E-state index contributed by atoms with van der Waals surface area (Å²) in [4.78, 5) is 9.93. The zero-order valence-electron chi connectivity index (χ0n) is 7.89. The Labute approximate surface area is 91.6 Å². The molecule has 1 unspecified atom stereocenters. The van der Waals surface area contributed by atoms with Gasteiger partial charge in [0.05, 0.1) is 4.92 Å². The summed E-state index contributed by atoms with van der Waals surface area (Å²) in [5.41, 5.74) is 6.25. The Balaban J connectivity index is 2.96. The molecule has 0 aliphatic carbocycles. The molecular formula is C9H11ClN2O3. The smallest absolute Gasteiger partial charge is 0.287 e. The molecular weight excluding hydrogens is 220 g/mol. The third-order valence-corrected chi connectivity index (χ3v) is 2.34. The summed E-state index contributed by atoms with van der Waals surface area (Å²) in [5.74, 6) is 0. The highest BCUT2D eigenvalue weighted by atomic mass is 35.5. The molecule has 1 aromatic rings. The molecule has 1 aromatic carbocycles. The van der Waals surface area contributed by atoms with Crippen molar-refractivity contribution in [1.82, 2.24) is 0 Å². The van der Waals surface area contributed by atoms with E-state index >= 15 is 0 Å². The fourth-order valence-corrected chi connectivity index (χ4v) is 1.47. The summed E-state index contributed by atoms with van der Waals surface area (Å²) in [6.07, 6.45) is 0.397. The molecule has 0 aliphatic heterocycles. The van der Waals surface area contributed by atoms with Gasteiger partial charge in [0, 0.05) is 18.7 Å². The highest BCUT2D eigenvalue weighted by Gasteiger charge is 2.14. The highest BCUT2D eigenvalue weighted by Crippen LogP contribution is 2.27. The van der Waals surface area contributed by atoms with Crippen molar-refractivity contribution in [2.45, 2.75) is 12.5 Å². The molecule has 82 valence electrons. The van der Waals surface area contributed by atoms with Crippen LogP contribution in [0.5, 0.6) is 0 Å². The number of benzene rings is 1. The molecule has 0 bridgehead atoms. The van der Waals surface area contributed by atoms with E-state index in [1.54, 1.807) is 6.07 Å². The van der Waals surface area contributed by atoms with Crippen LogP contribution in [-0.4, -0.2) is 16.6 Å². The van der Waals surface area contributed by atoms with Crippen LogP contribution < -0.4 is 5.73 Å². The number of aliphatic hydroxyl groups excluding tert-OH is 1. The summed E-state index contributed by atoms with van der Waals surface area (Å²) >= 11 is 5.71. The average Bonchev–Trinajstić information content (AvgIpc) is 2.17. The minimum absolute atomic E-state index is 0.0320. The Hall–Kier alpha value is -1.17. The lowest BCUT2D eigenvalue weighted by molar-refractivity contribution is -0.384. The minimum Gasteiger partial charge on any atom is -0.396 e. The lowest BCUT2D eigenvalue weighted by atomic mass is 10.0. The van der Waals surface area contributed by atoms with Gasteiger partial charge in [-0.05, 0) is 18.1 Å². The Morgan fingerprint density at radius 1 is 1.60 bits per heavy atom. The zero-order valence-corrected chi connectivity index (χ0v) is 8.65. The maximum Gasteiger partial charge on any atom is 0.287 e. The van der Waals surface area contributed by atoms with Crippen molar-refractivity contribution >= 4 is 17.3 Å². The van der Waals surface area contributed by atoms with E-state index in [1.165, 1.54) is 12.1 Å². The molecule has 0 spiro atoms. The third kappa shape index (κ3) is 2.89. The predicted octanol–water partition coefficient (Wildman–Crippen LogP) is 1.63. The van der Waals surface area contributed by atoms with Gasteiger partial charge in [-0.2, -0.15) is 0 Å². The SMILES string of the molecule is NC(CCO)c1ccc([N+](=O)[O-])c(Cl)c1. The molecule has 0 saturated carbocycles. The van der Waals surface area contributed by atoms with E-state index in [2.05, 4.69) is 0 Å². The molecule has 0 amide bonds. The van der Waals surface area contributed by atoms with Crippen molar-refractivity contribution in [1.29, 1.82) is 0 Å². The van der Waals surface area contributed by atoms with E-state index in [1.807, 2.05) is 0 Å². The average molecular weight is 231 g/mol. The van der Waals surface area contributed by atoms with Gasteiger partial charge in [0.25, 0.3) is 5.69 Å². The standard InChI is InChI=1S/C9H11ClN2O3/c10-7-5-6(8(11)3-4-13)1-2-9(7)12(14)15/h1-2,5,8,13H,3-4,11H2. The van der Waals surface area contributed by atoms with Gasteiger partial charge >= 0.3 is 0 Å². The van der Waals surface area contributed by atoms with Gasteiger partial charge in [0.15, 0.2) is 0 Å². The maximum atomic E-state index is 10.5. The van der Waals surface area contributed by atoms with Crippen LogP contribution >= 0.6 is 11.6 Å². The van der Waals surface area contributed by atoms with Gasteiger partial charge < -0.3 is 10.8 Å². The molecule has 0 aliphatic rings. The quantitative estimate of drug-likeness (QED) is 0.608. The topological polar surface area (TPSA) is 89.4 Å². The molecule has 5 nitrogen and oxygen atoms in total. The maximum absolute atomic E-state index is 10.5. The number of hydrogen-bond donors (Lipinski definition) is 2. The third-order valence-electron chi connectivity index (χ3n) is 2.04. The zero-order chi connectivity index (χ0) is 11.4. The van der Waals surface area contributed by atoms with Crippen molar-refractivity contribution in [2.75, 3.05) is 6.61 Å². The molecule has 0 saturated heterocycles. The Morgan fingerprint density at radius 3 is 2.73 bits per heavy atom. The summed E-state index contributed by atoms with van der Waals surface area (Å²) < 4.78 is 0. The van der Waals surface area contributed by atoms with E-state index in [0.29, 0.717) is 12.0 Å². The predicted molar refractivity (Wildman–Crippen MR) is 56.7 cm³/mol. The number of nitro groups is 1. The van der Waals surface area contributed by atoms with Gasteiger partial charge in [0.2, 0.25) is 0 Å². The van der Waals surface area contributed by atoms with E-state index in [4.69, 9.17) is 22.4 Å². The van der Waals surface area contributed by atoms with E-state index < -0.39 is 4.92 Å². The first-order valence-electron chi connectivity index (χ1n) is 4.36. The van der Waals surface area contributed by atoms with E-state index in [0.717, 1.165) is 0 Å². The molecule has 0 heterocycles. The lowest BCUT2D eigenvalue weighted by Crippen LogP contribution is -2.11. The van der Waals surface area contributed by atoms with Crippen molar-refractivity contribution < 1.29 is 10.0 Å². The Bertz CT molecular complexity index is 370. The van der Waals surface area contributed by atoms with Crippen molar-refractivity contribution in [3.63, 3.8) is 0 Å². The van der Waals surface area contributed by atoms with Crippen molar-refractivity contribution in [3.8, 4) is 0 Å². The Morgan fingerprint density at radius 2 is 2.27 bits per heavy atom. The van der Waals surface area contributed by atoms with Crippen LogP contribution in [0.4, 0.5) is 5.69 Å². The fraction of sp³-hybridized carbons (Fsp3) is 0.333. The monoisotopic (exact) mass is 230 g/mol. The van der Waals surface area contributed by atoms with Crippen molar-refractivity contribution in [2.24, 2.45) is 5.73 Å². The molecule has 6 heteroatoms. The van der Waals surface area contributed by atoms with Crippen LogP contribution in [0.3, 0.4) is 0 Å². The molecule has 15 heavy (non-hydrogen) atoms. The Kier molecular flexibility index (Phi) is 4.02. The first-order chi connectivity index (χ1) is 7.06. The lowest BCUT2D eigenvalue weighted by Gasteiger charge is -2.10. The second-order valence-electron chi connectivity index (χ2n) is 3.09. The number of halogens is 1. The van der Waals surface area contributed by atoms with E-state index in [-0.39, 0.29) is 23.4 Å². The summed E-state index contributed by atoms with van der Waals surface area (Å²) in [5, 5.41) is 19.2. The van der Waals surface area contributed by atoms with E-state index in [9.17, 15) is 10.1 Å². The van der Waals surface area contributed by atoms with Crippen LogP contribution in [-0.2, 0) is 0 Å². The first-order valence-corrected chi connectivity index (χ1v) is 4.74. The summed E-state index contributed by atoms with van der Waals surface area (Å²) in [7, 11) is 0. The van der Waals surface area contributed by atoms with Gasteiger partial charge in [-0.1, -0.05) is 17.7 Å². The van der Waals surface area contributed by atoms with Gasteiger partial charge in [-0.15, -0.1) is 0 Å². The van der Waals surface area contributed by atoms with Crippen LogP contribution in [0.1, 0.15) is 18.0 Å². The van der Waals surface area contributed by atoms with Crippen molar-refractivity contribution in [3.05, 3.63) is 38.9 Å². The van der Waals surface area contributed by atoms with Gasteiger partial charge in [-0.25, -0.2) is 0 Å². The van der Waals surface area contributed by atoms with Crippen LogP contribution in [0.15, 0.2) is 18.2 Å². The second-order valence-corrected chi connectivity index (χ2v) is 3.49.